The molecule has 0 spiro atoms. The summed E-state index contributed by atoms with van der Waals surface area (Å²) in [6.07, 6.45) is 3.10. The summed E-state index contributed by atoms with van der Waals surface area (Å²) >= 11 is 9.67. The van der Waals surface area contributed by atoms with E-state index in [1.165, 1.54) is 10.3 Å². The summed E-state index contributed by atoms with van der Waals surface area (Å²) in [6, 6.07) is 5.69. The Balaban J connectivity index is 2.59. The van der Waals surface area contributed by atoms with Crippen LogP contribution in [-0.2, 0) is 0 Å². The number of rotatable bonds is 1. The van der Waals surface area contributed by atoms with Gasteiger partial charge in [0.1, 0.15) is 0 Å². The van der Waals surface area contributed by atoms with Crippen LogP contribution < -0.4 is 5.73 Å². The van der Waals surface area contributed by atoms with Crippen molar-refractivity contribution >= 4 is 55.4 Å². The Labute approximate surface area is 116 Å². The first-order chi connectivity index (χ1) is 8.59. The third-order valence-corrected chi connectivity index (χ3v) is 3.68. The van der Waals surface area contributed by atoms with Crippen LogP contribution in [0.4, 0.5) is 0 Å². The van der Waals surface area contributed by atoms with Crippen LogP contribution in [0, 0.1) is 0 Å². The molecule has 3 aromatic rings. The molecule has 90 valence electrons. The fourth-order valence-corrected chi connectivity index (χ4v) is 2.75. The molecule has 6 heteroatoms. The second kappa shape index (κ2) is 3.96. The van der Waals surface area contributed by atoms with Crippen LogP contribution in [0.1, 0.15) is 10.4 Å². The lowest BCUT2D eigenvalue weighted by atomic mass is 10.1. The van der Waals surface area contributed by atoms with Gasteiger partial charge in [-0.1, -0.05) is 15.9 Å². The number of halogens is 2. The van der Waals surface area contributed by atoms with Crippen molar-refractivity contribution in [1.82, 2.24) is 9.07 Å². The number of aromatic nitrogens is 2. The summed E-state index contributed by atoms with van der Waals surface area (Å²) in [5.41, 5.74) is 7.06. The maximum atomic E-state index is 11.4. The Bertz CT molecular complexity index is 797. The number of nitrogens with two attached hydrogens (primary N) is 1. The molecular formula is C12H7BrClN3O. The fraction of sp³-hybridized carbons (Fsp3) is 0. The SMILES string of the molecule is NC(=O)c1cncc2c3cc(Br)ccc3n(Cl)c12. The van der Waals surface area contributed by atoms with E-state index >= 15 is 0 Å². The standard InChI is InChI=1S/C12H7BrClN3O/c13-6-1-2-10-7(3-6)8-4-16-5-9(12(15)18)11(8)17(10)14/h1-5H,(H2,15,18). The molecule has 0 saturated carbocycles. The van der Waals surface area contributed by atoms with Crippen molar-refractivity contribution in [2.75, 3.05) is 0 Å². The van der Waals surface area contributed by atoms with Crippen molar-refractivity contribution in [2.24, 2.45) is 5.73 Å². The van der Waals surface area contributed by atoms with E-state index in [0.29, 0.717) is 11.1 Å². The number of hydrogen-bond acceptors (Lipinski definition) is 2. The van der Waals surface area contributed by atoms with Gasteiger partial charge < -0.3 is 5.73 Å². The number of benzene rings is 1. The second-order valence-corrected chi connectivity index (χ2v) is 5.14. The van der Waals surface area contributed by atoms with Gasteiger partial charge in [-0.15, -0.1) is 0 Å². The first-order valence-corrected chi connectivity index (χ1v) is 6.26. The molecule has 0 aliphatic carbocycles. The van der Waals surface area contributed by atoms with Crippen molar-refractivity contribution in [3.8, 4) is 0 Å². The summed E-state index contributed by atoms with van der Waals surface area (Å²) < 4.78 is 2.38. The predicted molar refractivity (Wildman–Crippen MR) is 74.7 cm³/mol. The number of carbonyl (C=O) groups excluding carboxylic acids is 1. The smallest absolute Gasteiger partial charge is 0.252 e. The summed E-state index contributed by atoms with van der Waals surface area (Å²) in [5.74, 6) is -0.545. The Morgan fingerprint density at radius 3 is 2.83 bits per heavy atom. The van der Waals surface area contributed by atoms with Gasteiger partial charge in [-0.05, 0) is 18.2 Å². The van der Waals surface area contributed by atoms with Crippen LogP contribution in [0.5, 0.6) is 0 Å². The van der Waals surface area contributed by atoms with E-state index in [0.717, 1.165) is 20.8 Å². The normalized spacial score (nSPS) is 11.2. The first kappa shape index (κ1) is 11.5. The largest absolute Gasteiger partial charge is 0.365 e. The molecule has 3 rings (SSSR count). The van der Waals surface area contributed by atoms with Crippen molar-refractivity contribution in [2.45, 2.75) is 0 Å². The topological polar surface area (TPSA) is 60.9 Å². The predicted octanol–water partition coefficient (Wildman–Crippen LogP) is 3.05. The molecule has 2 N–H and O–H groups in total. The minimum Gasteiger partial charge on any atom is -0.365 e. The van der Waals surface area contributed by atoms with Crippen LogP contribution in [0.15, 0.2) is 35.1 Å². The Kier molecular flexibility index (Phi) is 2.53. The highest BCUT2D eigenvalue weighted by Crippen LogP contribution is 2.32. The molecule has 4 nitrogen and oxygen atoms in total. The van der Waals surface area contributed by atoms with Crippen LogP contribution in [0.3, 0.4) is 0 Å². The number of pyridine rings is 1. The number of fused-ring (bicyclic) bond motifs is 3. The Morgan fingerprint density at radius 2 is 2.11 bits per heavy atom. The molecule has 1 amide bonds. The molecule has 2 aromatic heterocycles. The van der Waals surface area contributed by atoms with Gasteiger partial charge in [0.2, 0.25) is 0 Å². The number of carbonyl (C=O) groups is 1. The second-order valence-electron chi connectivity index (χ2n) is 3.89. The molecule has 0 saturated heterocycles. The zero-order chi connectivity index (χ0) is 12.9. The van der Waals surface area contributed by atoms with E-state index < -0.39 is 5.91 Å². The quantitative estimate of drug-likeness (QED) is 0.748. The number of nitrogens with zero attached hydrogens (tertiary/aromatic N) is 2. The molecule has 0 aliphatic heterocycles. The minimum absolute atomic E-state index is 0.315. The minimum atomic E-state index is -0.545. The van der Waals surface area contributed by atoms with Gasteiger partial charge in [0.05, 0.1) is 16.6 Å². The lowest BCUT2D eigenvalue weighted by Gasteiger charge is -1.99. The summed E-state index contributed by atoms with van der Waals surface area (Å²) in [4.78, 5) is 15.5. The van der Waals surface area contributed by atoms with Gasteiger partial charge in [-0.25, -0.2) is 0 Å². The maximum Gasteiger partial charge on any atom is 0.252 e. The first-order valence-electron chi connectivity index (χ1n) is 5.13. The zero-order valence-electron chi connectivity index (χ0n) is 9.02. The summed E-state index contributed by atoms with van der Waals surface area (Å²) in [7, 11) is 0. The molecule has 2 heterocycles. The highest BCUT2D eigenvalue weighted by Gasteiger charge is 2.16. The third-order valence-electron chi connectivity index (χ3n) is 2.84. The zero-order valence-corrected chi connectivity index (χ0v) is 11.4. The molecule has 0 unspecified atom stereocenters. The van der Waals surface area contributed by atoms with Gasteiger partial charge in [-0.3, -0.25) is 13.9 Å². The molecule has 0 bridgehead atoms. The lowest BCUT2D eigenvalue weighted by molar-refractivity contribution is 0.100. The van der Waals surface area contributed by atoms with Gasteiger partial charge in [-0.2, -0.15) is 0 Å². The average molecular weight is 325 g/mol. The number of hydrogen-bond donors (Lipinski definition) is 1. The van der Waals surface area contributed by atoms with E-state index in [4.69, 9.17) is 17.5 Å². The monoisotopic (exact) mass is 323 g/mol. The van der Waals surface area contributed by atoms with Crippen LogP contribution in [0.2, 0.25) is 0 Å². The lowest BCUT2D eigenvalue weighted by Crippen LogP contribution is -2.12. The van der Waals surface area contributed by atoms with E-state index in [1.54, 1.807) is 6.20 Å². The van der Waals surface area contributed by atoms with E-state index in [9.17, 15) is 4.79 Å². The van der Waals surface area contributed by atoms with Crippen molar-refractivity contribution in [3.63, 3.8) is 0 Å². The molecule has 18 heavy (non-hydrogen) atoms. The highest BCUT2D eigenvalue weighted by molar-refractivity contribution is 9.10. The summed E-state index contributed by atoms with van der Waals surface area (Å²) in [5, 5.41) is 1.72. The molecule has 0 atom stereocenters. The van der Waals surface area contributed by atoms with E-state index in [1.807, 2.05) is 18.2 Å². The molecule has 0 aliphatic rings. The number of primary amides is 1. The van der Waals surface area contributed by atoms with Gasteiger partial charge in [0, 0.05) is 39.4 Å². The Hall–Kier alpha value is -1.59. The molecule has 0 fully saturated rings. The third kappa shape index (κ3) is 1.51. The molecule has 1 aromatic carbocycles. The summed E-state index contributed by atoms with van der Waals surface area (Å²) in [6.45, 7) is 0. The van der Waals surface area contributed by atoms with Crippen LogP contribution in [-0.4, -0.2) is 15.0 Å². The Morgan fingerprint density at radius 1 is 1.33 bits per heavy atom. The van der Waals surface area contributed by atoms with E-state index in [2.05, 4.69) is 20.9 Å². The van der Waals surface area contributed by atoms with Crippen LogP contribution in [0.25, 0.3) is 21.8 Å². The average Bonchev–Trinajstić information content (AvgIpc) is 2.63. The van der Waals surface area contributed by atoms with Crippen molar-refractivity contribution < 1.29 is 4.79 Å². The van der Waals surface area contributed by atoms with Crippen molar-refractivity contribution in [1.29, 1.82) is 0 Å². The molecular weight excluding hydrogens is 318 g/mol. The molecule has 0 radical (unpaired) electrons. The van der Waals surface area contributed by atoms with Crippen molar-refractivity contribution in [3.05, 3.63) is 40.6 Å². The highest BCUT2D eigenvalue weighted by atomic mass is 79.9. The number of amides is 1. The fourth-order valence-electron chi connectivity index (χ4n) is 2.06. The van der Waals surface area contributed by atoms with Gasteiger partial charge in [0.25, 0.3) is 5.91 Å². The maximum absolute atomic E-state index is 11.4. The van der Waals surface area contributed by atoms with Gasteiger partial charge in [0.15, 0.2) is 0 Å². The van der Waals surface area contributed by atoms with Gasteiger partial charge >= 0.3 is 0 Å². The van der Waals surface area contributed by atoms with Crippen LogP contribution >= 0.6 is 27.7 Å². The van der Waals surface area contributed by atoms with E-state index in [-0.39, 0.29) is 0 Å².